The van der Waals surface area contributed by atoms with E-state index in [1.165, 1.54) is 5.56 Å². The molecule has 0 aliphatic heterocycles. The number of aryl methyl sites for hydroxylation is 1. The van der Waals surface area contributed by atoms with E-state index in [2.05, 4.69) is 37.0 Å². The normalized spacial score (nSPS) is 11.0. The molecular formula is C18H21Cl2NOZr. The molecule has 0 aromatic heterocycles. The molecule has 2 rings (SSSR count). The first kappa shape index (κ1) is 20.4. The van der Waals surface area contributed by atoms with Crippen LogP contribution in [-0.4, -0.2) is 18.4 Å². The summed E-state index contributed by atoms with van der Waals surface area (Å²) in [5, 5.41) is 10.6. The van der Waals surface area contributed by atoms with Gasteiger partial charge in [0.2, 0.25) is 0 Å². The van der Waals surface area contributed by atoms with E-state index in [0.717, 1.165) is 16.7 Å². The van der Waals surface area contributed by atoms with E-state index in [1.807, 2.05) is 31.2 Å². The van der Waals surface area contributed by atoms with Gasteiger partial charge in [0, 0.05) is 29.8 Å². The first-order valence-electron chi connectivity index (χ1n) is 7.16. The summed E-state index contributed by atoms with van der Waals surface area (Å²) in [4.78, 5) is 4.02. The Balaban J connectivity index is 0.000000816. The summed E-state index contributed by atoms with van der Waals surface area (Å²) in [6, 6.07) is 14.2. The van der Waals surface area contributed by atoms with Crippen LogP contribution >= 0.6 is 17.0 Å². The Morgan fingerprint density at radius 2 is 1.70 bits per heavy atom. The summed E-state index contributed by atoms with van der Waals surface area (Å²) in [6.45, 7) is 6.30. The molecule has 0 spiro atoms. The van der Waals surface area contributed by atoms with E-state index >= 15 is 0 Å². The molecule has 2 aromatic carbocycles. The molecule has 2 aromatic rings. The van der Waals surface area contributed by atoms with Crippen LogP contribution in [0.5, 0.6) is 5.75 Å². The minimum atomic E-state index is -0.826. The minimum absolute atomic E-state index is 0.256. The molecule has 1 N–H and O–H groups in total. The number of halogens is 2. The fourth-order valence-electron chi connectivity index (χ4n) is 2.53. The van der Waals surface area contributed by atoms with Crippen LogP contribution in [-0.2, 0) is 26.3 Å². The number of phenolic OH excluding ortho intramolecular Hbond substituents is 1. The predicted molar refractivity (Wildman–Crippen MR) is 96.6 cm³/mol. The molecule has 5 heteroatoms. The second-order valence-electron chi connectivity index (χ2n) is 5.70. The van der Waals surface area contributed by atoms with Gasteiger partial charge in [0.05, 0.1) is 0 Å². The van der Waals surface area contributed by atoms with Crippen molar-refractivity contribution < 1.29 is 26.0 Å². The maximum absolute atomic E-state index is 10.6. The van der Waals surface area contributed by atoms with Gasteiger partial charge in [-0.15, -0.1) is 0 Å². The van der Waals surface area contributed by atoms with Crippen LogP contribution in [0.1, 0.15) is 36.1 Å². The van der Waals surface area contributed by atoms with E-state index in [1.54, 1.807) is 13.3 Å². The standard InChI is InChI=1S/C18H21NO.2ClH.Zr/c1-13-10-14(12-19-4)17(20)16(11-13)18(2,3)15-8-6-5-7-9-15;;;/h5-12,20H,1-4H3;2*1H;/q;;;+2/p-2. The first-order valence-corrected chi connectivity index (χ1v) is 13.5. The summed E-state index contributed by atoms with van der Waals surface area (Å²) < 4.78 is 0. The quantitative estimate of drug-likeness (QED) is 0.647. The van der Waals surface area contributed by atoms with Crippen molar-refractivity contribution >= 4 is 23.2 Å². The van der Waals surface area contributed by atoms with Crippen LogP contribution in [0.3, 0.4) is 0 Å². The summed E-state index contributed by atoms with van der Waals surface area (Å²) >= 11 is -0.826. The number of hydrogen-bond acceptors (Lipinski definition) is 2. The van der Waals surface area contributed by atoms with Crippen molar-refractivity contribution in [1.29, 1.82) is 0 Å². The van der Waals surface area contributed by atoms with E-state index in [9.17, 15) is 5.11 Å². The molecule has 0 unspecified atom stereocenters. The zero-order valence-corrected chi connectivity index (χ0v) is 17.7. The predicted octanol–water partition coefficient (Wildman–Crippen LogP) is 5.45. The zero-order valence-electron chi connectivity index (χ0n) is 13.8. The Labute approximate surface area is 157 Å². The third-order valence-electron chi connectivity index (χ3n) is 3.72. The monoisotopic (exact) mass is 427 g/mol. The molecule has 0 aliphatic rings. The molecule has 0 atom stereocenters. The Bertz CT molecular complexity index is 658. The number of aliphatic imine (C=N–C) groups is 1. The van der Waals surface area contributed by atoms with Gasteiger partial charge in [-0.25, -0.2) is 0 Å². The van der Waals surface area contributed by atoms with Crippen molar-refractivity contribution in [3.8, 4) is 5.75 Å². The topological polar surface area (TPSA) is 32.6 Å². The van der Waals surface area contributed by atoms with Crippen LogP contribution in [0, 0.1) is 6.92 Å². The van der Waals surface area contributed by atoms with Gasteiger partial charge in [0.1, 0.15) is 5.75 Å². The van der Waals surface area contributed by atoms with Crippen molar-refractivity contribution in [2.75, 3.05) is 7.05 Å². The second-order valence-corrected chi connectivity index (χ2v) is 9.43. The summed E-state index contributed by atoms with van der Waals surface area (Å²) in [5.41, 5.74) is 3.75. The Hall–Kier alpha value is -0.627. The number of rotatable bonds is 3. The number of nitrogens with zero attached hydrogens (tertiary/aromatic N) is 1. The van der Waals surface area contributed by atoms with Crippen molar-refractivity contribution in [1.82, 2.24) is 0 Å². The molecule has 0 amide bonds. The Kier molecular flexibility index (Phi) is 8.54. The van der Waals surface area contributed by atoms with Crippen LogP contribution in [0.15, 0.2) is 47.5 Å². The fourth-order valence-corrected chi connectivity index (χ4v) is 2.53. The third kappa shape index (κ3) is 5.45. The Morgan fingerprint density at radius 3 is 2.22 bits per heavy atom. The SMILES string of the molecule is CN=Cc1cc(C)cc(C(C)(C)c2ccccc2)c1O.[Cl][Zr][Cl]. The average Bonchev–Trinajstić information content (AvgIpc) is 2.52. The molecule has 0 heterocycles. The second kappa shape index (κ2) is 9.62. The van der Waals surface area contributed by atoms with Crippen LogP contribution in [0.2, 0.25) is 0 Å². The van der Waals surface area contributed by atoms with Crippen LogP contribution < -0.4 is 0 Å². The molecule has 0 saturated heterocycles. The summed E-state index contributed by atoms with van der Waals surface area (Å²) in [7, 11) is 11.6. The molecule has 0 aliphatic carbocycles. The van der Waals surface area contributed by atoms with E-state index in [4.69, 9.17) is 17.0 Å². The van der Waals surface area contributed by atoms with Gasteiger partial charge in [-0.1, -0.05) is 50.2 Å². The van der Waals surface area contributed by atoms with Gasteiger partial charge in [-0.05, 0) is 24.1 Å². The maximum atomic E-state index is 10.6. The Morgan fingerprint density at radius 1 is 1.13 bits per heavy atom. The number of benzene rings is 2. The van der Waals surface area contributed by atoms with E-state index < -0.39 is 20.8 Å². The molecule has 23 heavy (non-hydrogen) atoms. The van der Waals surface area contributed by atoms with Gasteiger partial charge in [-0.3, -0.25) is 4.99 Å². The van der Waals surface area contributed by atoms with Gasteiger partial charge < -0.3 is 5.11 Å². The molecular weight excluding hydrogens is 408 g/mol. The van der Waals surface area contributed by atoms with Crippen molar-refractivity contribution in [2.45, 2.75) is 26.2 Å². The van der Waals surface area contributed by atoms with Gasteiger partial charge in [0.25, 0.3) is 0 Å². The van der Waals surface area contributed by atoms with Gasteiger partial charge in [-0.2, -0.15) is 0 Å². The van der Waals surface area contributed by atoms with E-state index in [-0.39, 0.29) is 5.41 Å². The molecule has 0 radical (unpaired) electrons. The van der Waals surface area contributed by atoms with Crippen molar-refractivity contribution in [2.24, 2.45) is 4.99 Å². The molecule has 0 saturated carbocycles. The number of aromatic hydroxyl groups is 1. The summed E-state index contributed by atoms with van der Waals surface area (Å²) in [6.07, 6.45) is 1.70. The first-order chi connectivity index (χ1) is 10.9. The number of phenols is 1. The molecule has 0 fully saturated rings. The van der Waals surface area contributed by atoms with E-state index in [0.29, 0.717) is 5.75 Å². The van der Waals surface area contributed by atoms with Gasteiger partial charge in [0.15, 0.2) is 0 Å². The van der Waals surface area contributed by atoms with Gasteiger partial charge >= 0.3 is 37.9 Å². The molecule has 122 valence electrons. The fraction of sp³-hybridized carbons (Fsp3) is 0.278. The zero-order chi connectivity index (χ0) is 17.5. The molecule has 0 bridgehead atoms. The summed E-state index contributed by atoms with van der Waals surface area (Å²) in [5.74, 6) is 0.315. The molecule has 2 nitrogen and oxygen atoms in total. The van der Waals surface area contributed by atoms with Crippen molar-refractivity contribution in [3.05, 3.63) is 64.7 Å². The van der Waals surface area contributed by atoms with Crippen LogP contribution in [0.4, 0.5) is 0 Å². The van der Waals surface area contributed by atoms with Crippen molar-refractivity contribution in [3.63, 3.8) is 0 Å². The third-order valence-corrected chi connectivity index (χ3v) is 3.72. The van der Waals surface area contributed by atoms with Crippen LogP contribution in [0.25, 0.3) is 0 Å². The average molecular weight is 430 g/mol. The number of hydrogen-bond donors (Lipinski definition) is 1.